The number of nitrogens with zero attached hydrogens (tertiary/aromatic N) is 1. The zero-order chi connectivity index (χ0) is 35.4. The Hall–Kier alpha value is -5.65. The largest absolute Gasteiger partial charge is 0.459 e. The molecule has 3 aromatic carbocycles. The van der Waals surface area contributed by atoms with Gasteiger partial charge in [0.25, 0.3) is 5.91 Å². The molecular weight excluding hydrogens is 628 g/mol. The van der Waals surface area contributed by atoms with Gasteiger partial charge in [-0.1, -0.05) is 78.9 Å². The Kier molecular flexibility index (Phi) is 12.5. The molecule has 0 aliphatic carbocycles. The molecule has 12 heteroatoms. The van der Waals surface area contributed by atoms with Crippen molar-refractivity contribution in [3.8, 4) is 0 Å². The van der Waals surface area contributed by atoms with Gasteiger partial charge in [-0.3, -0.25) is 14.2 Å². The molecule has 4 rings (SSSR count). The second-order valence-corrected chi connectivity index (χ2v) is 12.4. The number of carbonyl (C=O) groups excluding carboxylic acids is 5. The van der Waals surface area contributed by atoms with E-state index < -0.39 is 47.7 Å². The molecule has 258 valence electrons. The molecule has 1 aromatic heterocycles. The first-order valence-electron chi connectivity index (χ1n) is 16.0. The van der Waals surface area contributed by atoms with Crippen molar-refractivity contribution in [2.24, 2.45) is 0 Å². The summed E-state index contributed by atoms with van der Waals surface area (Å²) in [5, 5.41) is 8.52. The molecule has 1 heterocycles. The number of aromatic nitrogens is 1. The van der Waals surface area contributed by atoms with Gasteiger partial charge in [-0.25, -0.2) is 14.4 Å². The van der Waals surface area contributed by atoms with Crippen LogP contribution in [0.3, 0.4) is 0 Å². The van der Waals surface area contributed by atoms with Gasteiger partial charge in [0.15, 0.2) is 0 Å². The van der Waals surface area contributed by atoms with Gasteiger partial charge < -0.3 is 30.2 Å². The van der Waals surface area contributed by atoms with Crippen LogP contribution in [0.1, 0.15) is 55.6 Å². The minimum Gasteiger partial charge on any atom is -0.459 e. The second-order valence-electron chi connectivity index (χ2n) is 12.4. The van der Waals surface area contributed by atoms with Crippen molar-refractivity contribution in [1.82, 2.24) is 20.5 Å². The number of nitrogens with one attached hydrogen (secondary N) is 3. The van der Waals surface area contributed by atoms with Crippen LogP contribution in [0.5, 0.6) is 0 Å². The Bertz CT molecular complexity index is 1750. The summed E-state index contributed by atoms with van der Waals surface area (Å²) in [4.78, 5) is 64.5. The molecular formula is C37H42N4O8. The Labute approximate surface area is 285 Å². The van der Waals surface area contributed by atoms with Crippen molar-refractivity contribution in [3.05, 3.63) is 108 Å². The normalized spacial score (nSPS) is 12.3. The van der Waals surface area contributed by atoms with Crippen LogP contribution in [-0.2, 0) is 43.4 Å². The zero-order valence-electron chi connectivity index (χ0n) is 28.1. The lowest BCUT2D eigenvalue weighted by Gasteiger charge is -2.20. The van der Waals surface area contributed by atoms with Gasteiger partial charge in [-0.05, 0) is 50.5 Å². The number of hydrogen-bond acceptors (Lipinski definition) is 8. The molecule has 0 saturated heterocycles. The summed E-state index contributed by atoms with van der Waals surface area (Å²) in [5.41, 5.74) is 2.03. The summed E-state index contributed by atoms with van der Waals surface area (Å²) in [7, 11) is 0. The number of rotatable bonds is 13. The number of alkyl carbamates (subject to hydrolysis) is 2. The highest BCUT2D eigenvalue weighted by molar-refractivity contribution is 5.98. The van der Waals surface area contributed by atoms with Crippen LogP contribution in [0.25, 0.3) is 10.9 Å². The van der Waals surface area contributed by atoms with Crippen LogP contribution in [0.2, 0.25) is 0 Å². The molecule has 49 heavy (non-hydrogen) atoms. The number of carbonyl (C=O) groups is 5. The molecule has 0 aliphatic rings. The fourth-order valence-corrected chi connectivity index (χ4v) is 4.91. The lowest BCUT2D eigenvalue weighted by Crippen LogP contribution is -2.44. The number of ether oxygens (including phenoxy) is 3. The summed E-state index contributed by atoms with van der Waals surface area (Å²) in [6.45, 7) is 6.77. The summed E-state index contributed by atoms with van der Waals surface area (Å²) in [5.74, 6) is -1.60. The second kappa shape index (κ2) is 17.0. The number of amides is 3. The van der Waals surface area contributed by atoms with Crippen molar-refractivity contribution in [3.63, 3.8) is 0 Å². The third-order valence-corrected chi connectivity index (χ3v) is 7.24. The van der Waals surface area contributed by atoms with E-state index in [9.17, 15) is 24.0 Å². The van der Waals surface area contributed by atoms with E-state index in [1.807, 2.05) is 60.7 Å². The van der Waals surface area contributed by atoms with E-state index >= 15 is 0 Å². The van der Waals surface area contributed by atoms with Crippen LogP contribution < -0.4 is 16.0 Å². The zero-order valence-corrected chi connectivity index (χ0v) is 28.1. The topological polar surface area (TPSA) is 154 Å². The van der Waals surface area contributed by atoms with Crippen LogP contribution in [0.15, 0.2) is 91.1 Å². The highest BCUT2D eigenvalue weighted by atomic mass is 16.6. The summed E-state index contributed by atoms with van der Waals surface area (Å²) in [6, 6.07) is 23.4. The summed E-state index contributed by atoms with van der Waals surface area (Å²) >= 11 is 0. The number of benzene rings is 3. The van der Waals surface area contributed by atoms with Gasteiger partial charge in [0.2, 0.25) is 5.91 Å². The predicted molar refractivity (Wildman–Crippen MR) is 183 cm³/mol. The number of fused-ring (bicyclic) bond motifs is 1. The summed E-state index contributed by atoms with van der Waals surface area (Å²) < 4.78 is 17.5. The molecule has 0 spiro atoms. The van der Waals surface area contributed by atoms with Gasteiger partial charge in [-0.2, -0.15) is 0 Å². The molecule has 3 N–H and O–H groups in total. The Balaban J connectivity index is 1.47. The van der Waals surface area contributed by atoms with E-state index in [-0.39, 0.29) is 32.6 Å². The standard InChI is InChI=1S/C37H42N4O8/c1-25(39-36(46)48-24-27-15-9-6-10-16-27)33(43)41-22-28(29-17-11-12-18-31(29)41)21-30(34(44)47-23-26-13-7-5-8-14-26)40-32(42)19-20-38-35(45)49-37(2,3)4/h5-18,22,25,30H,19-21,23-24H2,1-4H3,(H,38,45)(H,39,46)(H,40,42)/t25-,30-/m0/s1. The van der Waals surface area contributed by atoms with Crippen molar-refractivity contribution in [2.75, 3.05) is 6.54 Å². The summed E-state index contributed by atoms with van der Waals surface area (Å²) in [6.07, 6.45) is 0.0662. The van der Waals surface area contributed by atoms with E-state index in [1.165, 1.54) is 4.57 Å². The first kappa shape index (κ1) is 36.2. The third-order valence-electron chi connectivity index (χ3n) is 7.24. The van der Waals surface area contributed by atoms with Gasteiger partial charge in [0, 0.05) is 31.0 Å². The van der Waals surface area contributed by atoms with Crippen molar-refractivity contribution in [1.29, 1.82) is 0 Å². The third kappa shape index (κ3) is 11.2. The van der Waals surface area contributed by atoms with Gasteiger partial charge in [-0.15, -0.1) is 0 Å². The van der Waals surface area contributed by atoms with Gasteiger partial charge in [0.05, 0.1) is 5.52 Å². The smallest absolute Gasteiger partial charge is 0.408 e. The fraction of sp³-hybridized carbons (Fsp3) is 0.324. The first-order chi connectivity index (χ1) is 23.4. The van der Waals surface area contributed by atoms with E-state index in [0.717, 1.165) is 11.1 Å². The number of para-hydroxylation sites is 1. The lowest BCUT2D eigenvalue weighted by molar-refractivity contribution is -0.149. The molecule has 0 unspecified atom stereocenters. The molecule has 3 amide bonds. The van der Waals surface area contributed by atoms with Crippen LogP contribution >= 0.6 is 0 Å². The monoisotopic (exact) mass is 670 g/mol. The first-order valence-corrected chi connectivity index (χ1v) is 16.0. The van der Waals surface area contributed by atoms with Crippen LogP contribution in [0, 0.1) is 0 Å². The molecule has 0 aliphatic heterocycles. The molecule has 0 saturated carbocycles. The van der Waals surface area contributed by atoms with Crippen LogP contribution in [0.4, 0.5) is 9.59 Å². The minimum atomic E-state index is -1.12. The molecule has 0 fully saturated rings. The number of esters is 1. The van der Waals surface area contributed by atoms with E-state index in [0.29, 0.717) is 16.5 Å². The maximum Gasteiger partial charge on any atom is 0.408 e. The van der Waals surface area contributed by atoms with Crippen molar-refractivity contribution >= 4 is 40.9 Å². The molecule has 4 aromatic rings. The maximum absolute atomic E-state index is 13.6. The van der Waals surface area contributed by atoms with Gasteiger partial charge in [0.1, 0.15) is 30.9 Å². The Morgan fingerprint density at radius 2 is 1.35 bits per heavy atom. The Morgan fingerprint density at radius 3 is 1.98 bits per heavy atom. The van der Waals surface area contributed by atoms with Crippen LogP contribution in [-0.4, -0.2) is 58.8 Å². The average molecular weight is 671 g/mol. The van der Waals surface area contributed by atoms with Gasteiger partial charge >= 0.3 is 18.2 Å². The Morgan fingerprint density at radius 1 is 0.755 bits per heavy atom. The molecule has 2 atom stereocenters. The van der Waals surface area contributed by atoms with E-state index in [1.54, 1.807) is 58.2 Å². The molecule has 12 nitrogen and oxygen atoms in total. The SMILES string of the molecule is C[C@H](NC(=O)OCc1ccccc1)C(=O)n1cc(C[C@H](NC(=O)CCNC(=O)OC(C)(C)C)C(=O)OCc2ccccc2)c2ccccc21. The lowest BCUT2D eigenvalue weighted by atomic mass is 10.0. The minimum absolute atomic E-state index is 0.000573. The van der Waals surface area contributed by atoms with E-state index in [2.05, 4.69) is 16.0 Å². The van der Waals surface area contributed by atoms with E-state index in [4.69, 9.17) is 14.2 Å². The quantitative estimate of drug-likeness (QED) is 0.128. The number of hydrogen-bond donors (Lipinski definition) is 3. The van der Waals surface area contributed by atoms with Crippen molar-refractivity contribution in [2.45, 2.75) is 71.4 Å². The predicted octanol–water partition coefficient (Wildman–Crippen LogP) is 5.28. The average Bonchev–Trinajstić information content (AvgIpc) is 3.43. The highest BCUT2D eigenvalue weighted by Crippen LogP contribution is 2.24. The molecule has 0 bridgehead atoms. The highest BCUT2D eigenvalue weighted by Gasteiger charge is 2.27. The maximum atomic E-state index is 13.6. The van der Waals surface area contributed by atoms with Crippen molar-refractivity contribution < 1.29 is 38.2 Å². The molecule has 0 radical (unpaired) electrons. The fourth-order valence-electron chi connectivity index (χ4n) is 4.91.